The van der Waals surface area contributed by atoms with Crippen LogP contribution in [-0.2, 0) is 20.8 Å². The van der Waals surface area contributed by atoms with Crippen LogP contribution >= 0.6 is 34.8 Å². The molecule has 3 amide bonds. The number of carbonyl (C=O) groups is 3. The molecule has 2 N–H and O–H groups in total. The van der Waals surface area contributed by atoms with Gasteiger partial charge in [-0.15, -0.1) is 0 Å². The number of aryl methyl sites for hydroxylation is 1. The fourth-order valence-corrected chi connectivity index (χ4v) is 4.82. The lowest BCUT2D eigenvalue weighted by molar-refractivity contribution is -0.122. The Labute approximate surface area is 239 Å². The summed E-state index contributed by atoms with van der Waals surface area (Å²) >= 11 is 7.34. The highest BCUT2D eigenvalue weighted by Crippen LogP contribution is 2.35. The summed E-state index contributed by atoms with van der Waals surface area (Å²) in [4.78, 5) is 39.7. The number of amides is 3. The minimum absolute atomic E-state index is 0.0195. The number of ether oxygens (including phenoxy) is 2. The van der Waals surface area contributed by atoms with Crippen LogP contribution < -0.4 is 25.0 Å². The topological polar surface area (TPSA) is 97.0 Å². The number of halogens is 1. The maximum atomic E-state index is 13.3. The Kier molecular flexibility index (Phi) is 8.74. The van der Waals surface area contributed by atoms with Gasteiger partial charge in [0.1, 0.15) is 5.57 Å². The van der Waals surface area contributed by atoms with Crippen molar-refractivity contribution in [3.63, 3.8) is 0 Å². The van der Waals surface area contributed by atoms with E-state index in [-0.39, 0.29) is 23.2 Å². The maximum Gasteiger partial charge on any atom is 0.270 e. The molecule has 1 aliphatic rings. The van der Waals surface area contributed by atoms with Crippen molar-refractivity contribution in [2.75, 3.05) is 23.9 Å². The molecule has 0 unspecified atom stereocenters. The average molecular weight is 641 g/mol. The van der Waals surface area contributed by atoms with Crippen LogP contribution in [0.25, 0.3) is 6.08 Å². The molecule has 1 aliphatic heterocycles. The van der Waals surface area contributed by atoms with Crippen molar-refractivity contribution in [2.24, 2.45) is 0 Å². The Bertz CT molecular complexity index is 1420. The lowest BCUT2D eigenvalue weighted by Crippen LogP contribution is -2.54. The molecule has 10 heteroatoms. The van der Waals surface area contributed by atoms with Crippen LogP contribution in [0.2, 0.25) is 0 Å². The monoisotopic (exact) mass is 641 g/mol. The van der Waals surface area contributed by atoms with Crippen LogP contribution in [-0.4, -0.2) is 36.6 Å². The Balaban J connectivity index is 1.56. The fourth-order valence-electron chi connectivity index (χ4n) is 3.76. The molecule has 3 aromatic rings. The first-order chi connectivity index (χ1) is 18.3. The number of thiocarbonyl (C=S) groups is 1. The summed E-state index contributed by atoms with van der Waals surface area (Å²) in [6, 6.07) is 19.8. The highest BCUT2D eigenvalue weighted by atomic mass is 127. The maximum absolute atomic E-state index is 13.3. The smallest absolute Gasteiger partial charge is 0.270 e. The number of rotatable bonds is 8. The van der Waals surface area contributed by atoms with Gasteiger partial charge in [0.15, 0.2) is 23.2 Å². The molecule has 0 saturated carbocycles. The van der Waals surface area contributed by atoms with E-state index in [2.05, 4.69) is 33.2 Å². The largest absolute Gasteiger partial charge is 0.493 e. The molecule has 3 aromatic carbocycles. The number of nitrogens with zero attached hydrogens (tertiary/aromatic N) is 1. The van der Waals surface area contributed by atoms with Crippen molar-refractivity contribution < 1.29 is 23.9 Å². The van der Waals surface area contributed by atoms with Crippen LogP contribution in [0.1, 0.15) is 18.1 Å². The van der Waals surface area contributed by atoms with Crippen molar-refractivity contribution in [3.8, 4) is 11.5 Å². The van der Waals surface area contributed by atoms with E-state index in [9.17, 15) is 14.4 Å². The summed E-state index contributed by atoms with van der Waals surface area (Å²) in [7, 11) is 1.47. The molecule has 0 aromatic heterocycles. The van der Waals surface area contributed by atoms with E-state index < -0.39 is 11.8 Å². The number of hydrogen-bond donors (Lipinski definition) is 2. The van der Waals surface area contributed by atoms with Gasteiger partial charge < -0.3 is 14.8 Å². The lowest BCUT2D eigenvalue weighted by atomic mass is 10.1. The molecule has 0 atom stereocenters. The fraction of sp³-hybridized carbons (Fsp3) is 0.143. The van der Waals surface area contributed by atoms with E-state index in [1.54, 1.807) is 36.4 Å². The molecule has 194 valence electrons. The molecule has 0 bridgehead atoms. The van der Waals surface area contributed by atoms with Crippen molar-refractivity contribution in [1.29, 1.82) is 0 Å². The van der Waals surface area contributed by atoms with Gasteiger partial charge in [-0.05, 0) is 94.8 Å². The van der Waals surface area contributed by atoms with Crippen LogP contribution in [0.5, 0.6) is 11.5 Å². The van der Waals surface area contributed by atoms with Crippen LogP contribution in [0.3, 0.4) is 0 Å². The second-order valence-electron chi connectivity index (χ2n) is 8.21. The van der Waals surface area contributed by atoms with E-state index in [0.29, 0.717) is 32.0 Å². The number of benzene rings is 3. The normalized spacial score (nSPS) is 14.3. The molecule has 38 heavy (non-hydrogen) atoms. The summed E-state index contributed by atoms with van der Waals surface area (Å²) in [6.45, 7) is 1.81. The zero-order chi connectivity index (χ0) is 27.2. The number of nitrogens with one attached hydrogen (secondary N) is 2. The second kappa shape index (κ2) is 12.2. The Morgan fingerprint density at radius 3 is 2.47 bits per heavy atom. The van der Waals surface area contributed by atoms with Crippen LogP contribution in [0, 0.1) is 3.57 Å². The van der Waals surface area contributed by atoms with Gasteiger partial charge in [0.2, 0.25) is 0 Å². The SMILES string of the molecule is CCc1ccc(N2C(=O)/C(=C/c3cc(I)c(OCC(=O)Nc4ccccc4)c(OC)c3)C(=O)NC2=S)cc1. The number of methoxy groups -OCH3 is 1. The molecular formula is C28H24IN3O5S. The van der Waals surface area contributed by atoms with E-state index in [4.69, 9.17) is 21.7 Å². The third-order valence-electron chi connectivity index (χ3n) is 5.67. The Morgan fingerprint density at radius 2 is 1.82 bits per heavy atom. The first-order valence-corrected chi connectivity index (χ1v) is 13.1. The molecular weight excluding hydrogens is 617 g/mol. The van der Waals surface area contributed by atoms with Gasteiger partial charge in [0.05, 0.1) is 16.4 Å². The number of para-hydroxylation sites is 1. The number of carbonyl (C=O) groups excluding carboxylic acids is 3. The standard InChI is InChI=1S/C28H24IN3O5S/c1-3-17-9-11-20(12-10-17)32-27(35)21(26(34)31-28(32)38)13-18-14-22(29)25(23(15-18)36-2)37-16-24(33)30-19-7-5-4-6-8-19/h4-15H,3,16H2,1-2H3,(H,30,33)(H,31,34,38)/b21-13+. The summed E-state index contributed by atoms with van der Waals surface area (Å²) in [5.74, 6) is -0.727. The average Bonchev–Trinajstić information content (AvgIpc) is 2.91. The molecule has 1 heterocycles. The zero-order valence-corrected chi connectivity index (χ0v) is 23.6. The van der Waals surface area contributed by atoms with Gasteiger partial charge in [0, 0.05) is 5.69 Å². The van der Waals surface area contributed by atoms with Gasteiger partial charge in [-0.3, -0.25) is 24.6 Å². The van der Waals surface area contributed by atoms with E-state index in [1.807, 2.05) is 37.3 Å². The minimum Gasteiger partial charge on any atom is -0.493 e. The third kappa shape index (κ3) is 6.20. The first kappa shape index (κ1) is 27.3. The highest BCUT2D eigenvalue weighted by Gasteiger charge is 2.34. The van der Waals surface area contributed by atoms with E-state index in [1.165, 1.54) is 18.1 Å². The van der Waals surface area contributed by atoms with E-state index in [0.717, 1.165) is 12.0 Å². The molecule has 1 saturated heterocycles. The first-order valence-electron chi connectivity index (χ1n) is 11.7. The lowest BCUT2D eigenvalue weighted by Gasteiger charge is -2.29. The number of anilines is 2. The zero-order valence-electron chi connectivity index (χ0n) is 20.6. The summed E-state index contributed by atoms with van der Waals surface area (Å²) in [5, 5.41) is 5.37. The quantitative estimate of drug-likeness (QED) is 0.160. The predicted molar refractivity (Wildman–Crippen MR) is 158 cm³/mol. The van der Waals surface area contributed by atoms with Crippen molar-refractivity contribution in [2.45, 2.75) is 13.3 Å². The van der Waals surface area contributed by atoms with Gasteiger partial charge in [0.25, 0.3) is 17.7 Å². The van der Waals surface area contributed by atoms with Gasteiger partial charge in [-0.2, -0.15) is 0 Å². The minimum atomic E-state index is -0.590. The predicted octanol–water partition coefficient (Wildman–Crippen LogP) is 4.71. The summed E-state index contributed by atoms with van der Waals surface area (Å²) in [5.41, 5.74) is 2.81. The van der Waals surface area contributed by atoms with Gasteiger partial charge in [-0.1, -0.05) is 37.3 Å². The van der Waals surface area contributed by atoms with Crippen molar-refractivity contribution in [1.82, 2.24) is 5.32 Å². The number of hydrogen-bond acceptors (Lipinski definition) is 6. The molecule has 1 fully saturated rings. The highest BCUT2D eigenvalue weighted by molar-refractivity contribution is 14.1. The van der Waals surface area contributed by atoms with Crippen molar-refractivity contribution in [3.05, 3.63) is 87.0 Å². The van der Waals surface area contributed by atoms with Gasteiger partial charge in [-0.25, -0.2) is 0 Å². The van der Waals surface area contributed by atoms with Gasteiger partial charge >= 0.3 is 0 Å². The third-order valence-corrected chi connectivity index (χ3v) is 6.76. The molecule has 0 spiro atoms. The van der Waals surface area contributed by atoms with Crippen molar-refractivity contribution >= 4 is 75.1 Å². The second-order valence-corrected chi connectivity index (χ2v) is 9.76. The molecule has 4 rings (SSSR count). The molecule has 8 nitrogen and oxygen atoms in total. The summed E-state index contributed by atoms with van der Waals surface area (Å²) < 4.78 is 11.9. The summed E-state index contributed by atoms with van der Waals surface area (Å²) in [6.07, 6.45) is 2.34. The molecule has 0 radical (unpaired) electrons. The van der Waals surface area contributed by atoms with E-state index >= 15 is 0 Å². The molecule has 0 aliphatic carbocycles. The van der Waals surface area contributed by atoms with Crippen LogP contribution in [0.4, 0.5) is 11.4 Å². The Morgan fingerprint density at radius 1 is 1.11 bits per heavy atom. The van der Waals surface area contributed by atoms with Crippen LogP contribution in [0.15, 0.2) is 72.3 Å². The Hall–Kier alpha value is -3.77.